The lowest BCUT2D eigenvalue weighted by Crippen LogP contribution is -2.23. The van der Waals surface area contributed by atoms with Gasteiger partial charge < -0.3 is 9.67 Å². The van der Waals surface area contributed by atoms with Crippen LogP contribution in [0.3, 0.4) is 0 Å². The first-order valence-electron chi connectivity index (χ1n) is 12.9. The maximum absolute atomic E-state index is 12.8. The second-order valence-corrected chi connectivity index (χ2v) is 9.48. The minimum atomic E-state index is -1.02. The van der Waals surface area contributed by atoms with Crippen LogP contribution in [0.25, 0.3) is 10.9 Å². The van der Waals surface area contributed by atoms with Crippen LogP contribution in [-0.4, -0.2) is 32.2 Å². The van der Waals surface area contributed by atoms with E-state index in [1.807, 2.05) is 83.6 Å². The van der Waals surface area contributed by atoms with E-state index in [1.165, 1.54) is 24.3 Å². The van der Waals surface area contributed by atoms with Gasteiger partial charge >= 0.3 is 5.97 Å². The van der Waals surface area contributed by atoms with Gasteiger partial charge in [-0.1, -0.05) is 78.9 Å². The van der Waals surface area contributed by atoms with E-state index in [0.29, 0.717) is 23.4 Å². The largest absolute Gasteiger partial charge is 0.481 e. The summed E-state index contributed by atoms with van der Waals surface area (Å²) < 4.78 is 2.05. The topological polar surface area (TPSA) is 127 Å². The zero-order valence-electron chi connectivity index (χ0n) is 21.9. The zero-order chi connectivity index (χ0) is 28.8. The molecule has 1 atom stereocenters. The van der Waals surface area contributed by atoms with Gasteiger partial charge in [0.05, 0.1) is 16.6 Å². The van der Waals surface area contributed by atoms with E-state index in [0.717, 1.165) is 16.5 Å². The Hall–Kier alpha value is -5.57. The highest BCUT2D eigenvalue weighted by Gasteiger charge is 2.27. The molecule has 1 aromatic heterocycles. The summed E-state index contributed by atoms with van der Waals surface area (Å²) in [5.41, 5.74) is 6.25. The molecule has 0 aliphatic carbocycles. The number of nitrogens with zero attached hydrogens (tertiary/aromatic N) is 3. The van der Waals surface area contributed by atoms with Crippen LogP contribution in [0.1, 0.15) is 39.4 Å². The first-order chi connectivity index (χ1) is 19.9. The van der Waals surface area contributed by atoms with Gasteiger partial charge in [-0.15, -0.1) is 0 Å². The molecule has 5 aromatic rings. The van der Waals surface area contributed by atoms with Crippen molar-refractivity contribution < 1.29 is 19.6 Å². The molecule has 0 fully saturated rings. The quantitative estimate of drug-likeness (QED) is 0.126. The van der Waals surface area contributed by atoms with Crippen LogP contribution in [0.4, 0.5) is 5.69 Å². The Labute approximate surface area is 235 Å². The van der Waals surface area contributed by atoms with Crippen LogP contribution in [0.2, 0.25) is 0 Å². The van der Waals surface area contributed by atoms with Crippen molar-refractivity contribution in [3.63, 3.8) is 0 Å². The van der Waals surface area contributed by atoms with Gasteiger partial charge in [-0.2, -0.15) is 5.10 Å². The Kier molecular flexibility index (Phi) is 7.96. The number of carboxylic acids is 1. The summed E-state index contributed by atoms with van der Waals surface area (Å²) >= 11 is 0. The molecule has 0 aliphatic heterocycles. The molecule has 2 N–H and O–H groups in total. The third kappa shape index (κ3) is 6.20. The maximum Gasteiger partial charge on any atom is 0.311 e. The molecular weight excluding hydrogens is 520 g/mol. The number of carbonyl (C=O) groups is 2. The van der Waals surface area contributed by atoms with E-state index < -0.39 is 22.7 Å². The minimum absolute atomic E-state index is 0.0131. The van der Waals surface area contributed by atoms with Crippen LogP contribution >= 0.6 is 0 Å². The predicted octanol–water partition coefficient (Wildman–Crippen LogP) is 5.99. The van der Waals surface area contributed by atoms with Gasteiger partial charge in [0.15, 0.2) is 0 Å². The van der Waals surface area contributed by atoms with Crippen molar-refractivity contribution >= 4 is 34.2 Å². The van der Waals surface area contributed by atoms with Crippen molar-refractivity contribution in [2.24, 2.45) is 5.10 Å². The normalized spacial score (nSPS) is 12.1. The number of amides is 1. The summed E-state index contributed by atoms with van der Waals surface area (Å²) in [6, 6.07) is 31.8. The summed E-state index contributed by atoms with van der Waals surface area (Å²) in [6.45, 7) is 0.582. The average molecular weight is 547 g/mol. The van der Waals surface area contributed by atoms with Crippen molar-refractivity contribution in [2.45, 2.75) is 18.9 Å². The Morgan fingerprint density at radius 2 is 1.49 bits per heavy atom. The van der Waals surface area contributed by atoms with Crippen molar-refractivity contribution in [3.05, 3.63) is 148 Å². The second-order valence-electron chi connectivity index (χ2n) is 9.48. The minimum Gasteiger partial charge on any atom is -0.481 e. The van der Waals surface area contributed by atoms with Crippen LogP contribution in [0.15, 0.2) is 120 Å². The van der Waals surface area contributed by atoms with Crippen LogP contribution in [0.5, 0.6) is 0 Å². The van der Waals surface area contributed by atoms with Gasteiger partial charge in [-0.05, 0) is 34.9 Å². The average Bonchev–Trinajstić information content (AvgIpc) is 3.35. The lowest BCUT2D eigenvalue weighted by Gasteiger charge is -2.14. The van der Waals surface area contributed by atoms with E-state index in [4.69, 9.17) is 0 Å². The van der Waals surface area contributed by atoms with E-state index in [9.17, 15) is 24.8 Å². The number of nitro groups is 1. The number of rotatable bonds is 10. The molecule has 0 bridgehead atoms. The van der Waals surface area contributed by atoms with Gasteiger partial charge in [0.2, 0.25) is 0 Å². The standard InChI is InChI=1S/C32H26N4O5/c37-31(24-15-17-25(18-16-24)36(40)41)34-33-29(23-11-5-2-6-12-23)19-27(32(38)39)28-21-35(20-22-9-3-1-4-10-22)30-14-8-7-13-26(28)30/h1-18,21,27H,19-20H2,(H,34,37)(H,38,39)/b33-29-. The van der Waals surface area contributed by atoms with Crippen LogP contribution in [0, 0.1) is 10.1 Å². The summed E-state index contributed by atoms with van der Waals surface area (Å²) in [4.78, 5) is 35.9. The molecule has 41 heavy (non-hydrogen) atoms. The number of carbonyl (C=O) groups excluding carboxylic acids is 1. The molecule has 0 saturated carbocycles. The van der Waals surface area contributed by atoms with E-state index in [2.05, 4.69) is 10.5 Å². The lowest BCUT2D eigenvalue weighted by atomic mass is 9.91. The number of hydrazone groups is 1. The Morgan fingerprint density at radius 1 is 0.854 bits per heavy atom. The third-order valence-electron chi connectivity index (χ3n) is 6.83. The molecule has 0 saturated heterocycles. The molecule has 1 unspecified atom stereocenters. The summed E-state index contributed by atoms with van der Waals surface area (Å²) in [5, 5.41) is 26.5. The molecule has 9 nitrogen and oxygen atoms in total. The van der Waals surface area contributed by atoms with Crippen molar-refractivity contribution in [1.29, 1.82) is 0 Å². The smallest absolute Gasteiger partial charge is 0.311 e. The number of hydrogen-bond acceptors (Lipinski definition) is 5. The van der Waals surface area contributed by atoms with Crippen molar-refractivity contribution in [3.8, 4) is 0 Å². The van der Waals surface area contributed by atoms with Gasteiger partial charge in [0.1, 0.15) is 0 Å². The van der Waals surface area contributed by atoms with E-state index >= 15 is 0 Å². The number of benzene rings is 4. The van der Waals surface area contributed by atoms with Gasteiger partial charge in [-0.25, -0.2) is 5.43 Å². The number of fused-ring (bicyclic) bond motifs is 1. The van der Waals surface area contributed by atoms with Gasteiger partial charge in [0, 0.05) is 47.8 Å². The molecule has 5 rings (SSSR count). The fourth-order valence-corrected chi connectivity index (χ4v) is 4.76. The fraction of sp³-hybridized carbons (Fsp3) is 0.0938. The number of aromatic nitrogens is 1. The van der Waals surface area contributed by atoms with Gasteiger partial charge in [0.25, 0.3) is 11.6 Å². The highest BCUT2D eigenvalue weighted by molar-refractivity contribution is 6.05. The zero-order valence-corrected chi connectivity index (χ0v) is 21.9. The number of para-hydroxylation sites is 1. The Balaban J connectivity index is 1.48. The predicted molar refractivity (Wildman–Crippen MR) is 156 cm³/mol. The molecule has 1 amide bonds. The van der Waals surface area contributed by atoms with Gasteiger partial charge in [-0.3, -0.25) is 19.7 Å². The van der Waals surface area contributed by atoms with E-state index in [1.54, 1.807) is 12.1 Å². The first kappa shape index (κ1) is 27.0. The molecule has 4 aromatic carbocycles. The SMILES string of the molecule is O=C(N/N=C(/CC(C(=O)O)c1cn(Cc2ccccc2)c2ccccc12)c1ccccc1)c1ccc([N+](=O)[O-])cc1. The van der Waals surface area contributed by atoms with Crippen molar-refractivity contribution in [2.75, 3.05) is 0 Å². The summed E-state index contributed by atoms with van der Waals surface area (Å²) in [5.74, 6) is -2.54. The number of nitrogens with one attached hydrogen (secondary N) is 1. The van der Waals surface area contributed by atoms with E-state index in [-0.39, 0.29) is 17.7 Å². The fourth-order valence-electron chi connectivity index (χ4n) is 4.76. The maximum atomic E-state index is 12.8. The Morgan fingerprint density at radius 3 is 2.15 bits per heavy atom. The summed E-state index contributed by atoms with van der Waals surface area (Å²) in [7, 11) is 0. The number of hydrogen-bond donors (Lipinski definition) is 2. The first-order valence-corrected chi connectivity index (χ1v) is 12.9. The Bertz CT molecular complexity index is 1730. The van der Waals surface area contributed by atoms with Crippen LogP contribution in [-0.2, 0) is 11.3 Å². The molecule has 0 aliphatic rings. The van der Waals surface area contributed by atoms with Crippen LogP contribution < -0.4 is 5.43 Å². The number of carboxylic acid groups (broad SMARTS) is 1. The number of nitro benzene ring substituents is 1. The number of aliphatic carboxylic acids is 1. The highest BCUT2D eigenvalue weighted by Crippen LogP contribution is 2.32. The second kappa shape index (κ2) is 12.1. The third-order valence-corrected chi connectivity index (χ3v) is 6.83. The summed E-state index contributed by atoms with van der Waals surface area (Å²) in [6.07, 6.45) is 1.90. The number of non-ortho nitro benzene ring substituents is 1. The molecule has 0 radical (unpaired) electrons. The highest BCUT2D eigenvalue weighted by atomic mass is 16.6. The molecule has 1 heterocycles. The molecule has 204 valence electrons. The molecule has 9 heteroatoms. The molecule has 0 spiro atoms. The molecular formula is C32H26N4O5. The monoisotopic (exact) mass is 546 g/mol. The van der Waals surface area contributed by atoms with Crippen molar-refractivity contribution in [1.82, 2.24) is 9.99 Å². The lowest BCUT2D eigenvalue weighted by molar-refractivity contribution is -0.384.